The zero-order valence-corrected chi connectivity index (χ0v) is 15.2. The van der Waals surface area contributed by atoms with Gasteiger partial charge >= 0.3 is 0 Å². The number of methoxy groups -OCH3 is 1. The molecule has 0 aliphatic carbocycles. The zero-order chi connectivity index (χ0) is 17.6. The summed E-state index contributed by atoms with van der Waals surface area (Å²) in [6.07, 6.45) is 6.97. The summed E-state index contributed by atoms with van der Waals surface area (Å²) >= 11 is 3.36. The van der Waals surface area contributed by atoms with Crippen LogP contribution in [-0.4, -0.2) is 29.0 Å². The van der Waals surface area contributed by atoms with E-state index >= 15 is 0 Å². The van der Waals surface area contributed by atoms with Crippen molar-refractivity contribution in [3.8, 4) is 23.8 Å². The predicted molar refractivity (Wildman–Crippen MR) is 103 cm³/mol. The third-order valence-electron chi connectivity index (χ3n) is 3.55. The molecule has 6 heteroatoms. The molecule has 0 saturated heterocycles. The van der Waals surface area contributed by atoms with Crippen molar-refractivity contribution in [2.75, 3.05) is 24.4 Å². The quantitative estimate of drug-likeness (QED) is 0.500. The van der Waals surface area contributed by atoms with E-state index in [1.54, 1.807) is 7.11 Å². The number of terminal acetylenes is 1. The van der Waals surface area contributed by atoms with Crippen LogP contribution in [0.2, 0.25) is 0 Å². The van der Waals surface area contributed by atoms with Gasteiger partial charge in [-0.2, -0.15) is 0 Å². The number of nitrogens with zero attached hydrogens (tertiary/aromatic N) is 2. The Morgan fingerprint density at radius 1 is 1.20 bits per heavy atom. The SMILES string of the molecule is C#Cc1cccc(Nc2ncnc3cc(OC)c(OCCBr)cc23)c1. The minimum Gasteiger partial charge on any atom is -0.493 e. The lowest BCUT2D eigenvalue weighted by Gasteiger charge is -2.13. The molecule has 5 nitrogen and oxygen atoms in total. The number of alkyl halides is 1. The second-order valence-corrected chi connectivity index (χ2v) is 5.92. The lowest BCUT2D eigenvalue weighted by molar-refractivity contribution is 0.315. The van der Waals surface area contributed by atoms with Crippen LogP contribution in [0.15, 0.2) is 42.7 Å². The smallest absolute Gasteiger partial charge is 0.162 e. The molecule has 0 unspecified atom stereocenters. The molecule has 2 aromatic carbocycles. The van der Waals surface area contributed by atoms with Crippen LogP contribution >= 0.6 is 15.9 Å². The topological polar surface area (TPSA) is 56.3 Å². The number of aromatic nitrogens is 2. The fraction of sp³-hybridized carbons (Fsp3) is 0.158. The van der Waals surface area contributed by atoms with Crippen molar-refractivity contribution in [1.29, 1.82) is 0 Å². The van der Waals surface area contributed by atoms with E-state index < -0.39 is 0 Å². The summed E-state index contributed by atoms with van der Waals surface area (Å²) in [5.74, 6) is 4.57. The van der Waals surface area contributed by atoms with Gasteiger partial charge in [-0.05, 0) is 24.3 Å². The Hall–Kier alpha value is -2.78. The molecule has 126 valence electrons. The molecule has 0 amide bonds. The second-order valence-electron chi connectivity index (χ2n) is 5.13. The van der Waals surface area contributed by atoms with E-state index in [0.29, 0.717) is 23.9 Å². The maximum atomic E-state index is 5.75. The Balaban J connectivity index is 2.04. The van der Waals surface area contributed by atoms with Crippen molar-refractivity contribution in [3.05, 3.63) is 48.3 Å². The summed E-state index contributed by atoms with van der Waals surface area (Å²) in [7, 11) is 1.60. The van der Waals surface area contributed by atoms with E-state index in [-0.39, 0.29) is 0 Å². The summed E-state index contributed by atoms with van der Waals surface area (Å²) in [6.45, 7) is 0.530. The van der Waals surface area contributed by atoms with Crippen LogP contribution in [0.4, 0.5) is 11.5 Å². The largest absolute Gasteiger partial charge is 0.493 e. The molecule has 0 atom stereocenters. The monoisotopic (exact) mass is 397 g/mol. The molecule has 25 heavy (non-hydrogen) atoms. The van der Waals surface area contributed by atoms with Gasteiger partial charge in [0.05, 0.1) is 19.2 Å². The summed E-state index contributed by atoms with van der Waals surface area (Å²) in [6, 6.07) is 11.3. The average Bonchev–Trinajstić information content (AvgIpc) is 2.66. The van der Waals surface area contributed by atoms with Crippen LogP contribution in [0.3, 0.4) is 0 Å². The number of nitrogens with one attached hydrogen (secondary N) is 1. The van der Waals surface area contributed by atoms with Gasteiger partial charge in [0.25, 0.3) is 0 Å². The minimum atomic E-state index is 0.530. The van der Waals surface area contributed by atoms with Crippen molar-refractivity contribution in [2.45, 2.75) is 0 Å². The summed E-state index contributed by atoms with van der Waals surface area (Å²) in [5, 5.41) is 4.85. The van der Waals surface area contributed by atoms with E-state index in [4.69, 9.17) is 15.9 Å². The van der Waals surface area contributed by atoms with E-state index in [2.05, 4.69) is 37.1 Å². The first-order valence-electron chi connectivity index (χ1n) is 7.60. The van der Waals surface area contributed by atoms with Gasteiger partial charge < -0.3 is 14.8 Å². The van der Waals surface area contributed by atoms with Crippen molar-refractivity contribution < 1.29 is 9.47 Å². The first-order chi connectivity index (χ1) is 12.2. The number of hydrogen-bond acceptors (Lipinski definition) is 5. The molecular formula is C19H16BrN3O2. The van der Waals surface area contributed by atoms with E-state index in [1.165, 1.54) is 6.33 Å². The Labute approximate surface area is 154 Å². The van der Waals surface area contributed by atoms with Gasteiger partial charge in [0.2, 0.25) is 0 Å². The highest BCUT2D eigenvalue weighted by Crippen LogP contribution is 2.34. The number of ether oxygens (including phenoxy) is 2. The van der Waals surface area contributed by atoms with Crippen LogP contribution < -0.4 is 14.8 Å². The van der Waals surface area contributed by atoms with Gasteiger partial charge in [0.15, 0.2) is 11.5 Å². The second kappa shape index (κ2) is 7.86. The lowest BCUT2D eigenvalue weighted by atomic mass is 10.2. The molecule has 0 aliphatic rings. The van der Waals surface area contributed by atoms with Crippen LogP contribution in [0, 0.1) is 12.3 Å². The standard InChI is InChI=1S/C19H16BrN3O2/c1-3-13-5-4-6-14(9-13)23-19-15-10-18(25-8-7-20)17(24-2)11-16(15)21-12-22-19/h1,4-6,9-12H,7-8H2,2H3,(H,21,22,23). The minimum absolute atomic E-state index is 0.530. The van der Waals surface area contributed by atoms with Crippen molar-refractivity contribution in [1.82, 2.24) is 9.97 Å². The number of rotatable bonds is 6. The molecule has 1 N–H and O–H groups in total. The van der Waals surface area contributed by atoms with Gasteiger partial charge in [-0.3, -0.25) is 0 Å². The van der Waals surface area contributed by atoms with Crippen LogP contribution in [0.5, 0.6) is 11.5 Å². The van der Waals surface area contributed by atoms with E-state index in [1.807, 2.05) is 36.4 Å². The summed E-state index contributed by atoms with van der Waals surface area (Å²) in [5.41, 5.74) is 2.41. The lowest BCUT2D eigenvalue weighted by Crippen LogP contribution is -2.01. The Kier molecular flexibility index (Phi) is 5.36. The molecule has 0 bridgehead atoms. The van der Waals surface area contributed by atoms with Gasteiger partial charge in [-0.1, -0.05) is 27.9 Å². The fourth-order valence-corrected chi connectivity index (χ4v) is 2.57. The van der Waals surface area contributed by atoms with Crippen molar-refractivity contribution >= 4 is 38.3 Å². The molecule has 0 spiro atoms. The Morgan fingerprint density at radius 3 is 2.84 bits per heavy atom. The van der Waals surface area contributed by atoms with Gasteiger partial charge in [-0.25, -0.2) is 9.97 Å². The van der Waals surface area contributed by atoms with Crippen LogP contribution in [-0.2, 0) is 0 Å². The molecule has 3 aromatic rings. The van der Waals surface area contributed by atoms with Crippen LogP contribution in [0.25, 0.3) is 10.9 Å². The number of halogens is 1. The van der Waals surface area contributed by atoms with Crippen molar-refractivity contribution in [2.24, 2.45) is 0 Å². The maximum absolute atomic E-state index is 5.75. The molecule has 3 rings (SSSR count). The summed E-state index contributed by atoms with van der Waals surface area (Å²) < 4.78 is 11.1. The highest BCUT2D eigenvalue weighted by Gasteiger charge is 2.12. The molecule has 0 fully saturated rings. The molecule has 1 aromatic heterocycles. The average molecular weight is 398 g/mol. The molecule has 0 radical (unpaired) electrons. The summed E-state index contributed by atoms with van der Waals surface area (Å²) in [4.78, 5) is 8.67. The molecular weight excluding hydrogens is 382 g/mol. The first-order valence-corrected chi connectivity index (χ1v) is 8.72. The normalized spacial score (nSPS) is 10.3. The molecule has 0 saturated carbocycles. The molecule has 1 heterocycles. The highest BCUT2D eigenvalue weighted by molar-refractivity contribution is 9.09. The predicted octanol–water partition coefficient (Wildman–Crippen LogP) is 4.14. The van der Waals surface area contributed by atoms with Gasteiger partial charge in [0, 0.05) is 28.0 Å². The third kappa shape index (κ3) is 3.83. The number of benzene rings is 2. The zero-order valence-electron chi connectivity index (χ0n) is 13.6. The van der Waals surface area contributed by atoms with Crippen LogP contribution in [0.1, 0.15) is 5.56 Å². The number of fused-ring (bicyclic) bond motifs is 1. The highest BCUT2D eigenvalue weighted by atomic mass is 79.9. The van der Waals surface area contributed by atoms with E-state index in [9.17, 15) is 0 Å². The number of hydrogen-bond donors (Lipinski definition) is 1. The molecule has 0 aliphatic heterocycles. The number of anilines is 2. The van der Waals surface area contributed by atoms with Crippen molar-refractivity contribution in [3.63, 3.8) is 0 Å². The van der Waals surface area contributed by atoms with E-state index in [0.717, 1.165) is 27.5 Å². The van der Waals surface area contributed by atoms with Gasteiger partial charge in [-0.15, -0.1) is 6.42 Å². The van der Waals surface area contributed by atoms with Gasteiger partial charge in [0.1, 0.15) is 12.1 Å². The Bertz CT molecular complexity index is 938. The Morgan fingerprint density at radius 2 is 2.08 bits per heavy atom. The third-order valence-corrected chi connectivity index (χ3v) is 3.87. The first kappa shape index (κ1) is 17.1. The maximum Gasteiger partial charge on any atom is 0.162 e. The fourth-order valence-electron chi connectivity index (χ4n) is 2.41.